The van der Waals surface area contributed by atoms with Crippen LogP contribution in [0, 0.1) is 0 Å². The number of hydrogen-bond donors (Lipinski definition) is 4. The van der Waals surface area contributed by atoms with Crippen molar-refractivity contribution in [3.63, 3.8) is 0 Å². The Morgan fingerprint density at radius 1 is 0.872 bits per heavy atom. The number of carbonyl (C=O) groups excluding carboxylic acids is 2. The van der Waals surface area contributed by atoms with Gasteiger partial charge in [0.25, 0.3) is 11.9 Å². The highest BCUT2D eigenvalue weighted by Crippen LogP contribution is 2.30. The van der Waals surface area contributed by atoms with Crippen molar-refractivity contribution in [2.45, 2.75) is 31.7 Å². The number of anilines is 2. The second-order valence-corrected chi connectivity index (χ2v) is 9.97. The number of rotatable bonds is 7. The fourth-order valence-electron chi connectivity index (χ4n) is 4.49. The monoisotopic (exact) mass is 561 g/mol. The van der Waals surface area contributed by atoms with Crippen molar-refractivity contribution in [1.82, 2.24) is 25.9 Å². The summed E-state index contributed by atoms with van der Waals surface area (Å²) < 4.78 is 0. The summed E-state index contributed by atoms with van der Waals surface area (Å²) in [6.07, 6.45) is 6.89. The highest BCUT2D eigenvalue weighted by atomic mass is 35.5. The third kappa shape index (κ3) is 6.81. The summed E-state index contributed by atoms with van der Waals surface area (Å²) in [5, 5.41) is 22.4. The van der Waals surface area contributed by atoms with Crippen LogP contribution in [0.5, 0.6) is 0 Å². The summed E-state index contributed by atoms with van der Waals surface area (Å²) in [5.74, 6) is -0.303. The topological polar surface area (TPSA) is 125 Å². The van der Waals surface area contributed by atoms with Gasteiger partial charge in [0.05, 0.1) is 6.04 Å². The van der Waals surface area contributed by atoms with Gasteiger partial charge in [0, 0.05) is 21.3 Å². The fraction of sp³-hybridized carbons (Fsp3) is 0.179. The normalized spacial score (nSPS) is 13.7. The highest BCUT2D eigenvalue weighted by molar-refractivity contribution is 6.35. The summed E-state index contributed by atoms with van der Waals surface area (Å²) in [7, 11) is 0. The molecule has 3 amide bonds. The zero-order chi connectivity index (χ0) is 27.2. The molecule has 11 heteroatoms. The largest absolute Gasteiger partial charge is 0.327 e. The Morgan fingerprint density at radius 2 is 1.56 bits per heavy atom. The number of H-pyrrole nitrogens is 1. The molecule has 1 aromatic heterocycles. The van der Waals surface area contributed by atoms with Gasteiger partial charge in [-0.15, -0.1) is 5.10 Å². The number of urea groups is 1. The smallest absolute Gasteiger partial charge is 0.319 e. The predicted octanol–water partition coefficient (Wildman–Crippen LogP) is 6.63. The van der Waals surface area contributed by atoms with E-state index in [0.29, 0.717) is 21.3 Å². The molecule has 198 valence electrons. The van der Waals surface area contributed by atoms with E-state index in [2.05, 4.69) is 54.8 Å². The minimum Gasteiger partial charge on any atom is -0.327 e. The first-order valence-corrected chi connectivity index (χ1v) is 13.2. The number of amides is 3. The standard InChI is InChI=1S/C28H25Cl2N7O2/c29-22-14-23(30)16-24(15-22)31-28(39)32-25(19-8-6-18(7-9-19)17-4-2-1-3-5-17)20-10-12-21(13-11-20)26(38)33-27-34-36-37-35-27/h4,6-16,25H,1-3,5H2,(H2,31,32,39)(H2,33,34,35,36,37,38). The first kappa shape index (κ1) is 26.4. The number of hydrogen-bond acceptors (Lipinski definition) is 5. The van der Waals surface area contributed by atoms with E-state index in [-0.39, 0.29) is 11.9 Å². The van der Waals surface area contributed by atoms with Crippen molar-refractivity contribution < 1.29 is 9.59 Å². The van der Waals surface area contributed by atoms with Crippen molar-refractivity contribution in [2.24, 2.45) is 0 Å². The molecule has 1 aliphatic rings. The minimum atomic E-state index is -0.497. The quantitative estimate of drug-likeness (QED) is 0.201. The summed E-state index contributed by atoms with van der Waals surface area (Å²) in [5.41, 5.74) is 5.08. The molecule has 1 atom stereocenters. The Balaban J connectivity index is 1.39. The molecule has 0 saturated carbocycles. The molecular formula is C28H25Cl2N7O2. The van der Waals surface area contributed by atoms with E-state index in [4.69, 9.17) is 23.2 Å². The lowest BCUT2D eigenvalue weighted by atomic mass is 9.91. The number of nitrogens with zero attached hydrogens (tertiary/aromatic N) is 3. The van der Waals surface area contributed by atoms with Crippen LogP contribution in [0.15, 0.2) is 72.8 Å². The molecule has 39 heavy (non-hydrogen) atoms. The molecule has 0 radical (unpaired) electrons. The van der Waals surface area contributed by atoms with Gasteiger partial charge in [0.2, 0.25) is 0 Å². The second-order valence-electron chi connectivity index (χ2n) is 9.10. The zero-order valence-corrected chi connectivity index (χ0v) is 22.3. The predicted molar refractivity (Wildman–Crippen MR) is 152 cm³/mol. The number of aromatic nitrogens is 4. The first-order chi connectivity index (χ1) is 18.9. The first-order valence-electron chi connectivity index (χ1n) is 12.4. The van der Waals surface area contributed by atoms with E-state index in [1.54, 1.807) is 42.5 Å². The third-order valence-corrected chi connectivity index (χ3v) is 6.81. The van der Waals surface area contributed by atoms with Gasteiger partial charge in [0.15, 0.2) is 0 Å². The highest BCUT2D eigenvalue weighted by Gasteiger charge is 2.19. The molecule has 3 aromatic carbocycles. The van der Waals surface area contributed by atoms with Crippen molar-refractivity contribution in [3.05, 3.63) is 105 Å². The average Bonchev–Trinajstić information content (AvgIpc) is 3.45. The third-order valence-electron chi connectivity index (χ3n) is 6.38. The Bertz CT molecular complexity index is 1470. The molecule has 1 heterocycles. The number of halogens is 2. The Morgan fingerprint density at radius 3 is 2.18 bits per heavy atom. The van der Waals surface area contributed by atoms with Gasteiger partial charge >= 0.3 is 6.03 Å². The molecular weight excluding hydrogens is 537 g/mol. The van der Waals surface area contributed by atoms with Crippen LogP contribution >= 0.6 is 23.2 Å². The van der Waals surface area contributed by atoms with Crippen LogP contribution in [0.2, 0.25) is 10.0 Å². The molecule has 1 aliphatic carbocycles. The Labute approximate surface area is 235 Å². The number of aromatic amines is 1. The molecule has 0 fully saturated rings. The van der Waals surface area contributed by atoms with Crippen molar-refractivity contribution >= 4 is 52.3 Å². The molecule has 4 aromatic rings. The molecule has 5 rings (SSSR count). The number of benzene rings is 3. The summed E-state index contributed by atoms with van der Waals surface area (Å²) >= 11 is 12.2. The number of nitrogens with one attached hydrogen (secondary N) is 4. The zero-order valence-electron chi connectivity index (χ0n) is 20.7. The lowest BCUT2D eigenvalue weighted by Crippen LogP contribution is -2.33. The van der Waals surface area contributed by atoms with Gasteiger partial charge in [0.1, 0.15) is 0 Å². The van der Waals surface area contributed by atoms with E-state index in [0.717, 1.165) is 24.0 Å². The van der Waals surface area contributed by atoms with Crippen LogP contribution in [0.1, 0.15) is 58.8 Å². The number of carbonyl (C=O) groups is 2. The molecule has 0 spiro atoms. The van der Waals surface area contributed by atoms with Crippen molar-refractivity contribution in [2.75, 3.05) is 10.6 Å². The van der Waals surface area contributed by atoms with E-state index in [1.807, 2.05) is 12.1 Å². The molecule has 1 unspecified atom stereocenters. The van der Waals surface area contributed by atoms with E-state index in [9.17, 15) is 9.59 Å². The van der Waals surface area contributed by atoms with Gasteiger partial charge in [-0.3, -0.25) is 10.1 Å². The summed E-state index contributed by atoms with van der Waals surface area (Å²) in [6, 6.07) is 19.0. The molecule has 4 N–H and O–H groups in total. The fourth-order valence-corrected chi connectivity index (χ4v) is 5.01. The molecule has 0 aliphatic heterocycles. The van der Waals surface area contributed by atoms with E-state index in [1.165, 1.54) is 24.0 Å². The van der Waals surface area contributed by atoms with Crippen LogP contribution in [0.4, 0.5) is 16.4 Å². The summed E-state index contributed by atoms with van der Waals surface area (Å²) in [4.78, 5) is 25.6. The Hall–Kier alpha value is -4.21. The van der Waals surface area contributed by atoms with Crippen LogP contribution in [0.25, 0.3) is 5.57 Å². The maximum Gasteiger partial charge on any atom is 0.319 e. The van der Waals surface area contributed by atoms with Gasteiger partial charge in [-0.25, -0.2) is 4.79 Å². The van der Waals surface area contributed by atoms with Crippen LogP contribution < -0.4 is 16.0 Å². The summed E-state index contributed by atoms with van der Waals surface area (Å²) in [6.45, 7) is 0. The second kappa shape index (κ2) is 12.1. The van der Waals surface area contributed by atoms with Crippen LogP contribution in [0.3, 0.4) is 0 Å². The average molecular weight is 562 g/mol. The van der Waals surface area contributed by atoms with Crippen molar-refractivity contribution in [1.29, 1.82) is 0 Å². The lowest BCUT2D eigenvalue weighted by Gasteiger charge is -2.21. The number of tetrazole rings is 1. The van der Waals surface area contributed by atoms with E-state index >= 15 is 0 Å². The maximum absolute atomic E-state index is 13.1. The molecule has 9 nitrogen and oxygen atoms in total. The number of allylic oxidation sites excluding steroid dienone is 2. The van der Waals surface area contributed by atoms with Gasteiger partial charge in [-0.05, 0) is 83.5 Å². The maximum atomic E-state index is 13.1. The minimum absolute atomic E-state index is 0.0783. The van der Waals surface area contributed by atoms with Gasteiger partial charge in [-0.2, -0.15) is 5.21 Å². The van der Waals surface area contributed by atoms with Crippen molar-refractivity contribution in [3.8, 4) is 0 Å². The van der Waals surface area contributed by atoms with Gasteiger partial charge in [-0.1, -0.05) is 70.8 Å². The SMILES string of the molecule is O=C(Nc1cc(Cl)cc(Cl)c1)NC(c1ccc(C(=O)Nc2nn[nH]n2)cc1)c1ccc(C2=CCCCC2)cc1. The van der Waals surface area contributed by atoms with Gasteiger partial charge < -0.3 is 10.6 Å². The van der Waals surface area contributed by atoms with Crippen LogP contribution in [-0.4, -0.2) is 32.6 Å². The van der Waals surface area contributed by atoms with Crippen LogP contribution in [-0.2, 0) is 0 Å². The van der Waals surface area contributed by atoms with E-state index < -0.39 is 12.1 Å². The molecule has 0 saturated heterocycles. The Kier molecular flexibility index (Phi) is 8.19. The molecule has 0 bridgehead atoms. The lowest BCUT2D eigenvalue weighted by molar-refractivity contribution is 0.102.